The van der Waals surface area contributed by atoms with Gasteiger partial charge in [-0.2, -0.15) is 0 Å². The van der Waals surface area contributed by atoms with Gasteiger partial charge < -0.3 is 10.1 Å². The summed E-state index contributed by atoms with van der Waals surface area (Å²) in [5.41, 5.74) is 2.69. The van der Waals surface area contributed by atoms with Crippen molar-refractivity contribution in [2.24, 2.45) is 5.92 Å². The van der Waals surface area contributed by atoms with Gasteiger partial charge in [-0.15, -0.1) is 0 Å². The van der Waals surface area contributed by atoms with Gasteiger partial charge in [0.15, 0.2) is 0 Å². The minimum Gasteiger partial charge on any atom is -0.377 e. The first kappa shape index (κ1) is 15.0. The van der Waals surface area contributed by atoms with E-state index in [-0.39, 0.29) is 5.60 Å². The number of nitrogens with zero attached hydrogens (tertiary/aromatic N) is 1. The Labute approximate surface area is 128 Å². The molecule has 3 rings (SSSR count). The zero-order chi connectivity index (χ0) is 14.9. The van der Waals surface area contributed by atoms with E-state index in [1.54, 1.807) is 0 Å². The first-order valence-corrected chi connectivity index (χ1v) is 8.36. The molecule has 1 aromatic heterocycles. The van der Waals surface area contributed by atoms with Crippen LogP contribution in [0.25, 0.3) is 0 Å². The van der Waals surface area contributed by atoms with Crippen LogP contribution in [0.1, 0.15) is 56.2 Å². The molecule has 0 aromatic carbocycles. The van der Waals surface area contributed by atoms with Crippen LogP contribution in [0.3, 0.4) is 0 Å². The minimum atomic E-state index is -0.0315. The summed E-state index contributed by atoms with van der Waals surface area (Å²) in [6.07, 6.45) is 9.22. The molecule has 3 nitrogen and oxygen atoms in total. The molecule has 1 N–H and O–H groups in total. The van der Waals surface area contributed by atoms with Gasteiger partial charge in [0.05, 0.1) is 5.60 Å². The Bertz CT molecular complexity index is 490. The van der Waals surface area contributed by atoms with Crippen LogP contribution in [0.4, 0.5) is 0 Å². The normalized spacial score (nSPS) is 33.7. The van der Waals surface area contributed by atoms with E-state index in [1.165, 1.54) is 30.5 Å². The monoisotopic (exact) mass is 288 g/mol. The van der Waals surface area contributed by atoms with Gasteiger partial charge in [-0.3, -0.25) is 4.98 Å². The van der Waals surface area contributed by atoms with Crippen molar-refractivity contribution < 1.29 is 4.74 Å². The second-order valence-corrected chi connectivity index (χ2v) is 6.93. The molecule has 0 spiro atoms. The highest BCUT2D eigenvalue weighted by Crippen LogP contribution is 2.45. The maximum atomic E-state index is 6.14. The average molecular weight is 288 g/mol. The fourth-order valence-corrected chi connectivity index (χ4v) is 4.74. The Balaban J connectivity index is 1.91. The molecule has 21 heavy (non-hydrogen) atoms. The van der Waals surface area contributed by atoms with Crippen LogP contribution in [0.15, 0.2) is 18.3 Å². The number of methoxy groups -OCH3 is 1. The lowest BCUT2D eigenvalue weighted by Gasteiger charge is -2.46. The van der Waals surface area contributed by atoms with Gasteiger partial charge in [0, 0.05) is 31.0 Å². The molecule has 0 aliphatic heterocycles. The fraction of sp³-hybridized carbons (Fsp3) is 0.722. The largest absolute Gasteiger partial charge is 0.377 e. The topological polar surface area (TPSA) is 34.2 Å². The third-order valence-corrected chi connectivity index (χ3v) is 5.68. The zero-order valence-electron chi connectivity index (χ0n) is 13.6. The molecular weight excluding hydrogens is 260 g/mol. The molecule has 2 aliphatic carbocycles. The molecule has 1 aromatic rings. The van der Waals surface area contributed by atoms with Crippen LogP contribution < -0.4 is 5.32 Å². The molecule has 0 amide bonds. The Morgan fingerprint density at radius 3 is 3.00 bits per heavy atom. The fourth-order valence-electron chi connectivity index (χ4n) is 4.74. The van der Waals surface area contributed by atoms with Crippen molar-refractivity contribution in [3.05, 3.63) is 29.6 Å². The van der Waals surface area contributed by atoms with Crippen LogP contribution in [-0.4, -0.2) is 30.8 Å². The van der Waals surface area contributed by atoms with E-state index in [9.17, 15) is 0 Å². The minimum absolute atomic E-state index is 0.0315. The van der Waals surface area contributed by atoms with Crippen LogP contribution in [0, 0.1) is 5.92 Å². The first-order chi connectivity index (χ1) is 10.2. The van der Waals surface area contributed by atoms with Crippen molar-refractivity contribution in [3.8, 4) is 0 Å². The van der Waals surface area contributed by atoms with Gasteiger partial charge in [-0.05, 0) is 50.3 Å². The molecule has 0 radical (unpaired) electrons. The number of hydrogen-bond donors (Lipinski definition) is 1. The van der Waals surface area contributed by atoms with Crippen LogP contribution in [0.2, 0.25) is 0 Å². The average Bonchev–Trinajstić information content (AvgIpc) is 2.92. The molecule has 1 heterocycles. The van der Waals surface area contributed by atoms with Gasteiger partial charge >= 0.3 is 0 Å². The Kier molecular flexibility index (Phi) is 4.32. The van der Waals surface area contributed by atoms with E-state index in [1.807, 2.05) is 13.3 Å². The van der Waals surface area contributed by atoms with E-state index < -0.39 is 0 Å². The van der Waals surface area contributed by atoms with Crippen LogP contribution in [0.5, 0.6) is 0 Å². The Hall–Kier alpha value is -0.930. The summed E-state index contributed by atoms with van der Waals surface area (Å²) in [6.45, 7) is 2.36. The molecule has 4 atom stereocenters. The quantitative estimate of drug-likeness (QED) is 0.923. The van der Waals surface area contributed by atoms with Crippen LogP contribution in [-0.2, 0) is 11.2 Å². The van der Waals surface area contributed by atoms with Gasteiger partial charge in [-0.1, -0.05) is 25.8 Å². The molecule has 116 valence electrons. The van der Waals surface area contributed by atoms with E-state index in [2.05, 4.69) is 31.4 Å². The van der Waals surface area contributed by atoms with Gasteiger partial charge in [0.2, 0.25) is 0 Å². The van der Waals surface area contributed by atoms with Crippen LogP contribution >= 0.6 is 0 Å². The maximum absolute atomic E-state index is 6.14. The highest BCUT2D eigenvalue weighted by Gasteiger charge is 2.47. The third-order valence-electron chi connectivity index (χ3n) is 5.68. The van der Waals surface area contributed by atoms with Crippen molar-refractivity contribution in [2.45, 2.75) is 63.0 Å². The predicted octanol–water partition coefficient (Wildman–Crippen LogP) is 3.29. The first-order valence-electron chi connectivity index (χ1n) is 8.36. The summed E-state index contributed by atoms with van der Waals surface area (Å²) in [6, 6.07) is 4.66. The number of pyridine rings is 1. The zero-order valence-corrected chi connectivity index (χ0v) is 13.6. The lowest BCUT2D eigenvalue weighted by molar-refractivity contribution is -0.0838. The standard InChI is InChI=1S/C18H28N2O/c1-13-6-4-10-18(12-13,21-3)17(19-2)15-9-8-14-7-5-11-20-16(14)15/h5,7,11,13,15,17,19H,4,6,8-10,12H2,1-3H3. The summed E-state index contributed by atoms with van der Waals surface area (Å²) < 4.78 is 6.14. The maximum Gasteiger partial charge on any atom is 0.0839 e. The summed E-state index contributed by atoms with van der Waals surface area (Å²) in [7, 11) is 3.99. The number of nitrogens with one attached hydrogen (secondary N) is 1. The molecule has 3 heteroatoms. The van der Waals surface area contributed by atoms with Gasteiger partial charge in [-0.25, -0.2) is 0 Å². The van der Waals surface area contributed by atoms with Crippen molar-refractivity contribution >= 4 is 0 Å². The highest BCUT2D eigenvalue weighted by molar-refractivity contribution is 5.31. The molecule has 0 bridgehead atoms. The number of ether oxygens (including phenoxy) is 1. The smallest absolute Gasteiger partial charge is 0.0839 e. The Morgan fingerprint density at radius 1 is 1.43 bits per heavy atom. The number of aryl methyl sites for hydroxylation is 1. The molecule has 0 saturated heterocycles. The van der Waals surface area contributed by atoms with Crippen molar-refractivity contribution in [1.82, 2.24) is 10.3 Å². The highest BCUT2D eigenvalue weighted by atomic mass is 16.5. The summed E-state index contributed by atoms with van der Waals surface area (Å²) >= 11 is 0. The van der Waals surface area contributed by atoms with E-state index in [0.717, 1.165) is 25.2 Å². The van der Waals surface area contributed by atoms with Crippen molar-refractivity contribution in [2.75, 3.05) is 14.2 Å². The van der Waals surface area contributed by atoms with Crippen molar-refractivity contribution in [1.29, 1.82) is 0 Å². The third kappa shape index (κ3) is 2.62. The second-order valence-electron chi connectivity index (χ2n) is 6.93. The summed E-state index contributed by atoms with van der Waals surface area (Å²) in [4.78, 5) is 4.69. The number of hydrogen-bond acceptors (Lipinski definition) is 3. The molecule has 1 saturated carbocycles. The second kappa shape index (κ2) is 6.05. The number of rotatable bonds is 4. The lowest BCUT2D eigenvalue weighted by Crippen LogP contribution is -2.56. The SMILES string of the molecule is CNC(C1CCc2cccnc21)C1(OC)CCCC(C)C1. The molecular formula is C18H28N2O. The van der Waals surface area contributed by atoms with E-state index >= 15 is 0 Å². The predicted molar refractivity (Wildman–Crippen MR) is 85.5 cm³/mol. The molecule has 4 unspecified atom stereocenters. The van der Waals surface area contributed by atoms with Crippen molar-refractivity contribution in [3.63, 3.8) is 0 Å². The van der Waals surface area contributed by atoms with Gasteiger partial charge in [0.25, 0.3) is 0 Å². The Morgan fingerprint density at radius 2 is 2.29 bits per heavy atom. The lowest BCUT2D eigenvalue weighted by atomic mass is 9.70. The summed E-state index contributed by atoms with van der Waals surface area (Å²) in [5.74, 6) is 1.23. The number of likely N-dealkylation sites (N-methyl/N-ethyl adjacent to an activating group) is 1. The number of fused-ring (bicyclic) bond motifs is 1. The summed E-state index contributed by atoms with van der Waals surface area (Å²) in [5, 5.41) is 3.60. The van der Waals surface area contributed by atoms with Gasteiger partial charge in [0.1, 0.15) is 0 Å². The van der Waals surface area contributed by atoms with E-state index in [0.29, 0.717) is 12.0 Å². The molecule has 1 fully saturated rings. The van der Waals surface area contributed by atoms with E-state index in [4.69, 9.17) is 9.72 Å². The molecule has 2 aliphatic rings. The number of aromatic nitrogens is 1.